The summed E-state index contributed by atoms with van der Waals surface area (Å²) in [6, 6.07) is 7.22. The standard InChI is InChI=1S/C18H18ClN3O2S/c1-9-6-12(4-5-13(9)19)24-8-15(23)22-16-10(2)7-14-17(11(16)3)25-18(20)21-14/h4-7H,8H2,1-3H3,(H2,20,21)(H,22,23). The highest BCUT2D eigenvalue weighted by molar-refractivity contribution is 7.22. The SMILES string of the molecule is Cc1cc(OCC(=O)Nc2c(C)cc3nc(N)sc3c2C)ccc1Cl. The molecule has 0 saturated heterocycles. The molecule has 0 aliphatic heterocycles. The van der Waals surface area contributed by atoms with Gasteiger partial charge in [-0.15, -0.1) is 0 Å². The Labute approximate surface area is 154 Å². The molecule has 0 unspecified atom stereocenters. The molecular weight excluding hydrogens is 358 g/mol. The van der Waals surface area contributed by atoms with Crippen LogP contribution in [0, 0.1) is 20.8 Å². The van der Waals surface area contributed by atoms with Crippen LogP contribution in [0.2, 0.25) is 5.02 Å². The van der Waals surface area contributed by atoms with E-state index in [2.05, 4.69) is 10.3 Å². The maximum absolute atomic E-state index is 12.3. The Morgan fingerprint density at radius 3 is 2.76 bits per heavy atom. The monoisotopic (exact) mass is 375 g/mol. The number of thiazole rings is 1. The number of anilines is 2. The molecule has 0 atom stereocenters. The number of rotatable bonds is 4. The smallest absolute Gasteiger partial charge is 0.262 e. The number of benzene rings is 2. The number of nitrogens with zero attached hydrogens (tertiary/aromatic N) is 1. The third kappa shape index (κ3) is 3.70. The van der Waals surface area contributed by atoms with E-state index in [9.17, 15) is 4.79 Å². The van der Waals surface area contributed by atoms with Crippen LogP contribution in [0.3, 0.4) is 0 Å². The number of ether oxygens (including phenoxy) is 1. The van der Waals surface area contributed by atoms with Gasteiger partial charge in [0, 0.05) is 10.7 Å². The summed E-state index contributed by atoms with van der Waals surface area (Å²) in [6.45, 7) is 5.69. The van der Waals surface area contributed by atoms with Gasteiger partial charge < -0.3 is 15.8 Å². The summed E-state index contributed by atoms with van der Waals surface area (Å²) < 4.78 is 6.53. The molecule has 3 N–H and O–H groups in total. The fraction of sp³-hybridized carbons (Fsp3) is 0.222. The summed E-state index contributed by atoms with van der Waals surface area (Å²) in [5, 5.41) is 4.11. The summed E-state index contributed by atoms with van der Waals surface area (Å²) in [4.78, 5) is 16.6. The van der Waals surface area contributed by atoms with Crippen molar-refractivity contribution in [1.82, 2.24) is 4.98 Å². The lowest BCUT2D eigenvalue weighted by molar-refractivity contribution is -0.118. The van der Waals surface area contributed by atoms with Crippen molar-refractivity contribution >= 4 is 49.9 Å². The second-order valence-corrected chi connectivity index (χ2v) is 7.28. The molecule has 25 heavy (non-hydrogen) atoms. The van der Waals surface area contributed by atoms with E-state index < -0.39 is 0 Å². The number of aromatic nitrogens is 1. The second-order valence-electron chi connectivity index (χ2n) is 5.84. The van der Waals surface area contributed by atoms with Gasteiger partial charge >= 0.3 is 0 Å². The van der Waals surface area contributed by atoms with Crippen molar-refractivity contribution in [1.29, 1.82) is 0 Å². The number of carbonyl (C=O) groups is 1. The number of hydrogen-bond donors (Lipinski definition) is 2. The van der Waals surface area contributed by atoms with Gasteiger partial charge in [0.15, 0.2) is 11.7 Å². The predicted octanol–water partition coefficient (Wildman–Crippen LogP) is 4.47. The molecule has 0 saturated carbocycles. The molecule has 0 aliphatic carbocycles. The van der Waals surface area contributed by atoms with Gasteiger partial charge in [0.2, 0.25) is 0 Å². The van der Waals surface area contributed by atoms with Crippen molar-refractivity contribution in [3.8, 4) is 5.75 Å². The number of fused-ring (bicyclic) bond motifs is 1. The summed E-state index contributed by atoms with van der Waals surface area (Å²) in [7, 11) is 0. The normalized spacial score (nSPS) is 10.9. The average molecular weight is 376 g/mol. The summed E-state index contributed by atoms with van der Waals surface area (Å²) in [5.74, 6) is 0.381. The first-order valence-electron chi connectivity index (χ1n) is 7.70. The number of nitrogens with two attached hydrogens (primary N) is 1. The molecular formula is C18H18ClN3O2S. The number of carbonyl (C=O) groups excluding carboxylic acids is 1. The van der Waals surface area contributed by atoms with Gasteiger partial charge in [0.1, 0.15) is 5.75 Å². The molecule has 130 valence electrons. The van der Waals surface area contributed by atoms with Crippen molar-refractivity contribution in [3.05, 3.63) is 46.0 Å². The minimum atomic E-state index is -0.226. The van der Waals surface area contributed by atoms with E-state index in [0.717, 1.165) is 32.6 Å². The molecule has 2 aromatic carbocycles. The highest BCUT2D eigenvalue weighted by atomic mass is 35.5. The molecule has 0 radical (unpaired) electrons. The van der Waals surface area contributed by atoms with E-state index >= 15 is 0 Å². The minimum absolute atomic E-state index is 0.0805. The molecule has 1 amide bonds. The maximum atomic E-state index is 12.3. The van der Waals surface area contributed by atoms with E-state index in [4.69, 9.17) is 22.1 Å². The summed E-state index contributed by atoms with van der Waals surface area (Å²) in [5.41, 5.74) is 10.2. The Hall–Kier alpha value is -2.31. The van der Waals surface area contributed by atoms with E-state index in [-0.39, 0.29) is 12.5 Å². The van der Waals surface area contributed by atoms with Crippen LogP contribution in [0.5, 0.6) is 5.75 Å². The minimum Gasteiger partial charge on any atom is -0.484 e. The maximum Gasteiger partial charge on any atom is 0.262 e. The molecule has 3 aromatic rings. The molecule has 7 heteroatoms. The van der Waals surface area contributed by atoms with Gasteiger partial charge in [-0.1, -0.05) is 22.9 Å². The van der Waals surface area contributed by atoms with E-state index in [0.29, 0.717) is 15.9 Å². The first-order valence-corrected chi connectivity index (χ1v) is 8.89. The Morgan fingerprint density at radius 1 is 1.28 bits per heavy atom. The average Bonchev–Trinajstić information content (AvgIpc) is 2.93. The zero-order valence-electron chi connectivity index (χ0n) is 14.1. The highest BCUT2D eigenvalue weighted by Gasteiger charge is 2.14. The van der Waals surface area contributed by atoms with Crippen molar-refractivity contribution in [3.63, 3.8) is 0 Å². The molecule has 0 aliphatic rings. The van der Waals surface area contributed by atoms with Gasteiger partial charge in [-0.3, -0.25) is 4.79 Å². The van der Waals surface area contributed by atoms with Crippen LogP contribution in [0.25, 0.3) is 10.2 Å². The Kier molecular flexibility index (Phi) is 4.83. The predicted molar refractivity (Wildman–Crippen MR) is 104 cm³/mol. The zero-order chi connectivity index (χ0) is 18.1. The van der Waals surface area contributed by atoms with Gasteiger partial charge in [-0.05, 0) is 61.7 Å². The van der Waals surface area contributed by atoms with Crippen LogP contribution in [0.1, 0.15) is 16.7 Å². The third-order valence-electron chi connectivity index (χ3n) is 3.90. The van der Waals surface area contributed by atoms with E-state index in [1.54, 1.807) is 18.2 Å². The number of nitrogen functional groups attached to an aromatic ring is 1. The van der Waals surface area contributed by atoms with Crippen LogP contribution in [0.4, 0.5) is 10.8 Å². The highest BCUT2D eigenvalue weighted by Crippen LogP contribution is 2.34. The van der Waals surface area contributed by atoms with Gasteiger partial charge in [-0.2, -0.15) is 0 Å². The van der Waals surface area contributed by atoms with E-state index in [1.807, 2.05) is 26.8 Å². The fourth-order valence-electron chi connectivity index (χ4n) is 2.63. The first-order chi connectivity index (χ1) is 11.8. The summed E-state index contributed by atoms with van der Waals surface area (Å²) in [6.07, 6.45) is 0. The largest absolute Gasteiger partial charge is 0.484 e. The van der Waals surface area contributed by atoms with Crippen molar-refractivity contribution in [2.75, 3.05) is 17.7 Å². The molecule has 5 nitrogen and oxygen atoms in total. The number of aryl methyl sites for hydroxylation is 3. The lowest BCUT2D eigenvalue weighted by atomic mass is 10.1. The van der Waals surface area contributed by atoms with Crippen LogP contribution in [-0.2, 0) is 4.79 Å². The fourth-order valence-corrected chi connectivity index (χ4v) is 3.56. The number of hydrogen-bond acceptors (Lipinski definition) is 5. The van der Waals surface area contributed by atoms with Crippen molar-refractivity contribution < 1.29 is 9.53 Å². The molecule has 0 bridgehead atoms. The number of nitrogens with one attached hydrogen (secondary N) is 1. The molecule has 1 heterocycles. The van der Waals surface area contributed by atoms with Crippen molar-refractivity contribution in [2.45, 2.75) is 20.8 Å². The quantitative estimate of drug-likeness (QED) is 0.705. The van der Waals surface area contributed by atoms with Gasteiger partial charge in [0.25, 0.3) is 5.91 Å². The second kappa shape index (κ2) is 6.90. The first kappa shape index (κ1) is 17.5. The zero-order valence-corrected chi connectivity index (χ0v) is 15.7. The van der Waals surface area contributed by atoms with Gasteiger partial charge in [0.05, 0.1) is 10.2 Å². The van der Waals surface area contributed by atoms with Crippen LogP contribution in [0.15, 0.2) is 24.3 Å². The Morgan fingerprint density at radius 2 is 2.04 bits per heavy atom. The lowest BCUT2D eigenvalue weighted by Crippen LogP contribution is -2.21. The Balaban J connectivity index is 1.74. The molecule has 3 rings (SSSR count). The molecule has 1 aromatic heterocycles. The lowest BCUT2D eigenvalue weighted by Gasteiger charge is -2.13. The van der Waals surface area contributed by atoms with E-state index in [1.165, 1.54) is 11.3 Å². The van der Waals surface area contributed by atoms with Crippen LogP contribution < -0.4 is 15.8 Å². The molecule has 0 fully saturated rings. The van der Waals surface area contributed by atoms with Crippen LogP contribution >= 0.6 is 22.9 Å². The number of amides is 1. The van der Waals surface area contributed by atoms with Crippen LogP contribution in [-0.4, -0.2) is 17.5 Å². The van der Waals surface area contributed by atoms with Crippen molar-refractivity contribution in [2.24, 2.45) is 0 Å². The third-order valence-corrected chi connectivity index (χ3v) is 5.34. The topological polar surface area (TPSA) is 77.2 Å². The number of halogens is 1. The Bertz CT molecular complexity index is 969. The van der Waals surface area contributed by atoms with Gasteiger partial charge in [-0.25, -0.2) is 4.98 Å². The molecule has 0 spiro atoms. The summed E-state index contributed by atoms with van der Waals surface area (Å²) >= 11 is 7.40.